The van der Waals surface area contributed by atoms with E-state index in [0.717, 1.165) is 12.8 Å². The van der Waals surface area contributed by atoms with E-state index in [2.05, 4.69) is 5.32 Å². The molecule has 0 radical (unpaired) electrons. The Kier molecular flexibility index (Phi) is 4.86. The first-order chi connectivity index (χ1) is 6.74. The molecule has 1 rings (SSSR count). The van der Waals surface area contributed by atoms with E-state index in [4.69, 9.17) is 9.47 Å². The van der Waals surface area contributed by atoms with E-state index >= 15 is 0 Å². The second-order valence-electron chi connectivity index (χ2n) is 3.36. The molecule has 0 aromatic heterocycles. The van der Waals surface area contributed by atoms with Crippen molar-refractivity contribution in [3.05, 3.63) is 0 Å². The fraction of sp³-hybridized carbons (Fsp3) is 0.889. The molecule has 0 spiro atoms. The molecule has 0 saturated carbocycles. The fourth-order valence-corrected chi connectivity index (χ4v) is 1.37. The average Bonchev–Trinajstić information content (AvgIpc) is 2.67. The molecule has 1 aliphatic heterocycles. The minimum absolute atomic E-state index is 0.141. The number of hydrogen-bond donors (Lipinski definition) is 2. The molecule has 2 unspecified atom stereocenters. The van der Waals surface area contributed by atoms with E-state index in [1.165, 1.54) is 7.11 Å². The second kappa shape index (κ2) is 5.95. The highest BCUT2D eigenvalue weighted by molar-refractivity contribution is 5.80. The number of aliphatic hydroxyl groups is 1. The van der Waals surface area contributed by atoms with E-state index in [9.17, 15) is 9.90 Å². The molecule has 0 aromatic carbocycles. The van der Waals surface area contributed by atoms with Gasteiger partial charge in [-0.15, -0.1) is 0 Å². The first-order valence-corrected chi connectivity index (χ1v) is 4.80. The Labute approximate surface area is 83.4 Å². The van der Waals surface area contributed by atoms with Gasteiger partial charge in [-0.3, -0.25) is 4.79 Å². The zero-order valence-electron chi connectivity index (χ0n) is 8.36. The summed E-state index contributed by atoms with van der Waals surface area (Å²) in [4.78, 5) is 11.4. The van der Waals surface area contributed by atoms with E-state index in [1.807, 2.05) is 0 Å². The van der Waals surface area contributed by atoms with Gasteiger partial charge in [-0.1, -0.05) is 0 Å². The van der Waals surface area contributed by atoms with E-state index in [1.54, 1.807) is 0 Å². The van der Waals surface area contributed by atoms with Crippen molar-refractivity contribution in [1.29, 1.82) is 0 Å². The highest BCUT2D eigenvalue weighted by Crippen LogP contribution is 2.11. The third kappa shape index (κ3) is 3.61. The number of carbonyl (C=O) groups is 1. The van der Waals surface area contributed by atoms with Crippen LogP contribution in [0.15, 0.2) is 0 Å². The summed E-state index contributed by atoms with van der Waals surface area (Å²) >= 11 is 0. The van der Waals surface area contributed by atoms with Gasteiger partial charge in [0.15, 0.2) is 0 Å². The van der Waals surface area contributed by atoms with Gasteiger partial charge in [0.2, 0.25) is 5.91 Å². The van der Waals surface area contributed by atoms with Crippen LogP contribution < -0.4 is 5.32 Å². The van der Waals surface area contributed by atoms with Gasteiger partial charge in [0.25, 0.3) is 0 Å². The minimum Gasteiger partial charge on any atom is -0.389 e. The average molecular weight is 203 g/mol. The summed E-state index contributed by atoms with van der Waals surface area (Å²) in [7, 11) is 1.51. The smallest absolute Gasteiger partial charge is 0.249 e. The summed E-state index contributed by atoms with van der Waals surface area (Å²) < 4.78 is 9.91. The summed E-state index contributed by atoms with van der Waals surface area (Å²) in [5.41, 5.74) is 0. The Balaban J connectivity index is 2.13. The largest absolute Gasteiger partial charge is 0.389 e. The van der Waals surface area contributed by atoms with E-state index in [0.29, 0.717) is 6.61 Å². The monoisotopic (exact) mass is 203 g/mol. The topological polar surface area (TPSA) is 67.8 Å². The lowest BCUT2D eigenvalue weighted by atomic mass is 10.2. The van der Waals surface area contributed by atoms with Crippen molar-refractivity contribution in [2.75, 3.05) is 26.9 Å². The van der Waals surface area contributed by atoms with Crippen molar-refractivity contribution in [2.24, 2.45) is 0 Å². The van der Waals surface area contributed by atoms with Gasteiger partial charge >= 0.3 is 0 Å². The second-order valence-corrected chi connectivity index (χ2v) is 3.36. The third-order valence-corrected chi connectivity index (χ3v) is 2.09. The summed E-state index contributed by atoms with van der Waals surface area (Å²) in [5, 5.41) is 11.9. The molecule has 1 saturated heterocycles. The molecule has 0 bridgehead atoms. The number of aliphatic hydroxyl groups excluding tert-OH is 1. The molecule has 5 heteroatoms. The van der Waals surface area contributed by atoms with Crippen molar-refractivity contribution < 1.29 is 19.4 Å². The maximum Gasteiger partial charge on any atom is 0.249 e. The number of carbonyl (C=O) groups excluding carboxylic acids is 1. The molecule has 5 nitrogen and oxygen atoms in total. The first kappa shape index (κ1) is 11.4. The fourth-order valence-electron chi connectivity index (χ4n) is 1.37. The van der Waals surface area contributed by atoms with Gasteiger partial charge in [-0.2, -0.15) is 0 Å². The van der Waals surface area contributed by atoms with Crippen LogP contribution in [0.3, 0.4) is 0 Å². The van der Waals surface area contributed by atoms with Gasteiger partial charge in [-0.05, 0) is 12.8 Å². The zero-order valence-corrected chi connectivity index (χ0v) is 8.36. The Bertz CT molecular complexity index is 180. The maximum atomic E-state index is 11.4. The van der Waals surface area contributed by atoms with E-state index < -0.39 is 6.10 Å². The van der Waals surface area contributed by atoms with Gasteiger partial charge in [0.05, 0.1) is 12.7 Å². The number of hydrogen-bond acceptors (Lipinski definition) is 4. The number of ether oxygens (including phenoxy) is 2. The van der Waals surface area contributed by atoms with Crippen LogP contribution >= 0.6 is 0 Å². The van der Waals surface area contributed by atoms with Crippen LogP contribution in [-0.4, -0.2) is 50.1 Å². The predicted molar refractivity (Wildman–Crippen MR) is 49.9 cm³/mol. The van der Waals surface area contributed by atoms with Crippen LogP contribution in [0.5, 0.6) is 0 Å². The van der Waals surface area contributed by atoms with E-state index in [-0.39, 0.29) is 25.2 Å². The van der Waals surface area contributed by atoms with Crippen LogP contribution in [0, 0.1) is 0 Å². The van der Waals surface area contributed by atoms with Crippen molar-refractivity contribution in [2.45, 2.75) is 25.0 Å². The molecule has 1 amide bonds. The molecule has 2 atom stereocenters. The van der Waals surface area contributed by atoms with Crippen molar-refractivity contribution in [3.8, 4) is 0 Å². The number of methoxy groups -OCH3 is 1. The van der Waals surface area contributed by atoms with Crippen molar-refractivity contribution >= 4 is 5.91 Å². The predicted octanol–water partition coefficient (Wildman–Crippen LogP) is -0.711. The highest BCUT2D eigenvalue weighted by atomic mass is 16.5. The molecule has 0 aliphatic carbocycles. The number of rotatable bonds is 5. The van der Waals surface area contributed by atoms with Crippen LogP contribution in [0.25, 0.3) is 0 Å². The summed E-state index contributed by atoms with van der Waals surface area (Å²) in [6.45, 7) is 1.09. The molecule has 1 fully saturated rings. The minimum atomic E-state index is -0.648. The van der Waals surface area contributed by atoms with Crippen LogP contribution in [-0.2, 0) is 14.3 Å². The molecule has 82 valence electrons. The van der Waals surface area contributed by atoms with Crippen LogP contribution in [0.2, 0.25) is 0 Å². The molecule has 1 heterocycles. The Morgan fingerprint density at radius 2 is 2.57 bits per heavy atom. The zero-order chi connectivity index (χ0) is 10.4. The number of nitrogens with one attached hydrogen (secondary N) is 1. The standard InChI is InChI=1S/C9H17NO4/c1-13-6-7(11)5-10-9(12)8-3-2-4-14-8/h7-8,11H,2-6H2,1H3,(H,10,12). The molecule has 14 heavy (non-hydrogen) atoms. The molecule has 0 aromatic rings. The van der Waals surface area contributed by atoms with Gasteiger partial charge in [0, 0.05) is 20.3 Å². The van der Waals surface area contributed by atoms with Gasteiger partial charge in [-0.25, -0.2) is 0 Å². The molecular formula is C9H17NO4. The van der Waals surface area contributed by atoms with Crippen LogP contribution in [0.4, 0.5) is 0 Å². The Hall–Kier alpha value is -0.650. The summed E-state index contributed by atoms with van der Waals surface area (Å²) in [6.07, 6.45) is 0.723. The molecule has 2 N–H and O–H groups in total. The van der Waals surface area contributed by atoms with Gasteiger partial charge < -0.3 is 19.9 Å². The first-order valence-electron chi connectivity index (χ1n) is 4.80. The van der Waals surface area contributed by atoms with Crippen LogP contribution in [0.1, 0.15) is 12.8 Å². The Morgan fingerprint density at radius 3 is 3.14 bits per heavy atom. The number of amides is 1. The lowest BCUT2D eigenvalue weighted by Crippen LogP contribution is -2.39. The molecular weight excluding hydrogens is 186 g/mol. The SMILES string of the molecule is COCC(O)CNC(=O)C1CCCO1. The normalized spacial score (nSPS) is 23.4. The summed E-state index contributed by atoms with van der Waals surface area (Å²) in [6, 6.07) is 0. The maximum absolute atomic E-state index is 11.4. The van der Waals surface area contributed by atoms with Gasteiger partial charge in [0.1, 0.15) is 6.10 Å². The third-order valence-electron chi connectivity index (χ3n) is 2.09. The lowest BCUT2D eigenvalue weighted by molar-refractivity contribution is -0.130. The highest BCUT2D eigenvalue weighted by Gasteiger charge is 2.23. The lowest BCUT2D eigenvalue weighted by Gasteiger charge is -2.13. The van der Waals surface area contributed by atoms with Crippen molar-refractivity contribution in [1.82, 2.24) is 5.32 Å². The summed E-state index contributed by atoms with van der Waals surface area (Å²) in [5.74, 6) is -0.141. The van der Waals surface area contributed by atoms with Crippen molar-refractivity contribution in [3.63, 3.8) is 0 Å². The quantitative estimate of drug-likeness (QED) is 0.619. The molecule has 1 aliphatic rings. The Morgan fingerprint density at radius 1 is 1.79 bits per heavy atom.